The number of carbonyl (C=O) groups is 1. The van der Waals surface area contributed by atoms with Gasteiger partial charge in [-0.2, -0.15) is 12.6 Å². The number of benzene rings is 1. The Bertz CT molecular complexity index is 597. The predicted molar refractivity (Wildman–Crippen MR) is 85.9 cm³/mol. The third-order valence-electron chi connectivity index (χ3n) is 3.55. The summed E-state index contributed by atoms with van der Waals surface area (Å²) in [7, 11) is 0. The molecule has 1 fully saturated rings. The number of hydrogen-bond donors (Lipinski definition) is 4. The van der Waals surface area contributed by atoms with Crippen LogP contribution in [0.15, 0.2) is 24.3 Å². The fourth-order valence-electron chi connectivity index (χ4n) is 2.35. The lowest BCUT2D eigenvalue weighted by Gasteiger charge is -2.42. The average Bonchev–Trinajstić information content (AvgIpc) is 2.54. The van der Waals surface area contributed by atoms with Gasteiger partial charge in [-0.05, 0) is 12.1 Å². The minimum absolute atomic E-state index is 0.103. The number of aliphatic hydroxyl groups is 2. The highest BCUT2D eigenvalue weighted by Crippen LogP contribution is 2.28. The van der Waals surface area contributed by atoms with Gasteiger partial charge in [0.2, 0.25) is 12.2 Å². The summed E-state index contributed by atoms with van der Waals surface area (Å²) >= 11 is 4.20. The zero-order valence-electron chi connectivity index (χ0n) is 12.7. The third-order valence-corrected chi connectivity index (χ3v) is 4.19. The number of nitrogens with one attached hydrogen (secondary N) is 1. The lowest BCUT2D eigenvalue weighted by atomic mass is 9.99. The number of rotatable bonds is 5. The van der Waals surface area contributed by atoms with Crippen LogP contribution in [0.4, 0.5) is 5.69 Å². The Morgan fingerprint density at radius 3 is 2.58 bits per heavy atom. The van der Waals surface area contributed by atoms with Crippen LogP contribution in [0.1, 0.15) is 6.92 Å². The summed E-state index contributed by atoms with van der Waals surface area (Å²) in [5, 5.41) is 32.1. The molecular formula is C14H18N2O7S. The quantitative estimate of drug-likeness (QED) is 0.327. The molecule has 0 unspecified atom stereocenters. The second-order valence-electron chi connectivity index (χ2n) is 5.30. The molecule has 2 rings (SSSR count). The zero-order chi connectivity index (χ0) is 17.9. The normalized spacial score (nSPS) is 29.8. The second kappa shape index (κ2) is 7.79. The van der Waals surface area contributed by atoms with Crippen molar-refractivity contribution in [2.45, 2.75) is 36.7 Å². The maximum atomic E-state index is 11.4. The van der Waals surface area contributed by atoms with Crippen molar-refractivity contribution in [1.29, 1.82) is 0 Å². The van der Waals surface area contributed by atoms with Crippen LogP contribution in [0.5, 0.6) is 5.75 Å². The molecule has 24 heavy (non-hydrogen) atoms. The van der Waals surface area contributed by atoms with Crippen molar-refractivity contribution in [2.75, 3.05) is 6.61 Å². The van der Waals surface area contributed by atoms with Gasteiger partial charge in [0.05, 0.1) is 29.0 Å². The van der Waals surface area contributed by atoms with E-state index >= 15 is 0 Å². The highest BCUT2D eigenvalue weighted by molar-refractivity contribution is 7.81. The summed E-state index contributed by atoms with van der Waals surface area (Å²) in [6.45, 7) is 0.888. The molecule has 0 saturated carbocycles. The van der Waals surface area contributed by atoms with Crippen molar-refractivity contribution < 1.29 is 29.4 Å². The number of nitro groups is 1. The number of amides is 1. The van der Waals surface area contributed by atoms with Gasteiger partial charge in [0.25, 0.3) is 5.69 Å². The first kappa shape index (κ1) is 18.5. The minimum atomic E-state index is -1.12. The molecule has 10 heteroatoms. The Hall–Kier alpha value is -1.88. The molecule has 1 aliphatic heterocycles. The van der Waals surface area contributed by atoms with Gasteiger partial charge >= 0.3 is 0 Å². The van der Waals surface area contributed by atoms with E-state index in [0.29, 0.717) is 0 Å². The van der Waals surface area contributed by atoms with Gasteiger partial charge in [-0.25, -0.2) is 0 Å². The zero-order valence-corrected chi connectivity index (χ0v) is 13.6. The first-order valence-corrected chi connectivity index (χ1v) is 7.65. The molecule has 0 aliphatic carbocycles. The number of non-ortho nitro benzene ring substituents is 1. The van der Waals surface area contributed by atoms with E-state index in [9.17, 15) is 25.1 Å². The van der Waals surface area contributed by atoms with Crippen molar-refractivity contribution in [3.63, 3.8) is 0 Å². The maximum absolute atomic E-state index is 11.4. The van der Waals surface area contributed by atoms with Crippen LogP contribution in [-0.4, -0.2) is 57.4 Å². The van der Waals surface area contributed by atoms with Gasteiger partial charge < -0.3 is 25.0 Å². The molecule has 1 amide bonds. The van der Waals surface area contributed by atoms with Crippen LogP contribution in [-0.2, 0) is 9.53 Å². The lowest BCUT2D eigenvalue weighted by molar-refractivity contribution is -0.384. The van der Waals surface area contributed by atoms with Crippen molar-refractivity contribution in [3.8, 4) is 5.75 Å². The highest BCUT2D eigenvalue weighted by Gasteiger charge is 2.45. The van der Waals surface area contributed by atoms with Gasteiger partial charge in [0.15, 0.2) is 0 Å². The summed E-state index contributed by atoms with van der Waals surface area (Å²) < 4.78 is 11.1. The van der Waals surface area contributed by atoms with Crippen molar-refractivity contribution in [2.24, 2.45) is 0 Å². The molecule has 132 valence electrons. The van der Waals surface area contributed by atoms with Crippen LogP contribution in [0.2, 0.25) is 0 Å². The number of aliphatic hydroxyl groups excluding tert-OH is 2. The van der Waals surface area contributed by atoms with E-state index in [1.807, 2.05) is 0 Å². The summed E-state index contributed by atoms with van der Waals surface area (Å²) in [5.41, 5.74) is -0.103. The van der Waals surface area contributed by atoms with Gasteiger partial charge in [0.1, 0.15) is 11.8 Å². The molecule has 5 atom stereocenters. The van der Waals surface area contributed by atoms with Crippen molar-refractivity contribution in [1.82, 2.24) is 5.32 Å². The summed E-state index contributed by atoms with van der Waals surface area (Å²) in [4.78, 5) is 21.5. The largest absolute Gasteiger partial charge is 0.463 e. The molecule has 0 spiro atoms. The van der Waals surface area contributed by atoms with Gasteiger partial charge in [-0.15, -0.1) is 0 Å². The van der Waals surface area contributed by atoms with Crippen molar-refractivity contribution >= 4 is 24.2 Å². The molecular weight excluding hydrogens is 340 g/mol. The molecule has 1 aromatic carbocycles. The molecule has 0 radical (unpaired) electrons. The molecule has 1 saturated heterocycles. The van der Waals surface area contributed by atoms with Crippen LogP contribution in [0.25, 0.3) is 0 Å². The number of carbonyl (C=O) groups excluding carboxylic acids is 1. The summed E-state index contributed by atoms with van der Waals surface area (Å²) in [5.74, 6) is -0.148. The van der Waals surface area contributed by atoms with E-state index in [2.05, 4.69) is 17.9 Å². The third kappa shape index (κ3) is 4.15. The van der Waals surface area contributed by atoms with Gasteiger partial charge in [-0.3, -0.25) is 14.9 Å². The molecule has 9 nitrogen and oxygen atoms in total. The Kier molecular flexibility index (Phi) is 5.99. The van der Waals surface area contributed by atoms with E-state index in [4.69, 9.17) is 9.47 Å². The van der Waals surface area contributed by atoms with Crippen molar-refractivity contribution in [3.05, 3.63) is 34.4 Å². The SMILES string of the molecule is CC(=O)N[C@@H]1[C@H](Oc2ccc([N+](=O)[O-])cc2)O[C@H](CO)[C@@H](S)[C@@H]1O. The standard InChI is InChI=1S/C14H18N2O7S/c1-7(18)15-11-12(19)13(24)10(6-17)23-14(11)22-9-4-2-8(3-5-9)16(20)21/h2-5,10-14,17,19,24H,6H2,1H3,(H,15,18)/t10-,11+,12-,13-,14-/m1/s1. The number of hydrogen-bond acceptors (Lipinski definition) is 8. The fraction of sp³-hybridized carbons (Fsp3) is 0.500. The predicted octanol–water partition coefficient (Wildman–Crippen LogP) is -0.145. The Morgan fingerprint density at radius 2 is 2.08 bits per heavy atom. The second-order valence-corrected chi connectivity index (χ2v) is 5.90. The van der Waals surface area contributed by atoms with Crippen LogP contribution >= 0.6 is 12.6 Å². The van der Waals surface area contributed by atoms with Gasteiger partial charge in [-0.1, -0.05) is 0 Å². The lowest BCUT2D eigenvalue weighted by Crippen LogP contribution is -2.64. The number of nitro benzene ring substituents is 1. The van der Waals surface area contributed by atoms with E-state index < -0.39 is 47.2 Å². The molecule has 0 bridgehead atoms. The molecule has 1 heterocycles. The molecule has 3 N–H and O–H groups in total. The van der Waals surface area contributed by atoms with Crippen LogP contribution in [0, 0.1) is 10.1 Å². The number of nitrogens with zero attached hydrogens (tertiary/aromatic N) is 1. The van der Waals surface area contributed by atoms with E-state index in [1.165, 1.54) is 31.2 Å². The van der Waals surface area contributed by atoms with Gasteiger partial charge in [0, 0.05) is 19.1 Å². The highest BCUT2D eigenvalue weighted by atomic mass is 32.1. The fourth-order valence-corrected chi connectivity index (χ4v) is 2.70. The maximum Gasteiger partial charge on any atom is 0.269 e. The smallest absolute Gasteiger partial charge is 0.269 e. The Morgan fingerprint density at radius 1 is 1.46 bits per heavy atom. The Balaban J connectivity index is 2.19. The summed E-state index contributed by atoms with van der Waals surface area (Å²) in [6.07, 6.45) is -3.01. The number of ether oxygens (including phenoxy) is 2. The monoisotopic (exact) mass is 358 g/mol. The average molecular weight is 358 g/mol. The first-order chi connectivity index (χ1) is 11.3. The van der Waals surface area contributed by atoms with Crippen LogP contribution in [0.3, 0.4) is 0 Å². The Labute approximate surface area is 143 Å². The molecule has 1 aromatic rings. The summed E-state index contributed by atoms with van der Waals surface area (Å²) in [6, 6.07) is 4.35. The van der Waals surface area contributed by atoms with E-state index in [-0.39, 0.29) is 11.4 Å². The minimum Gasteiger partial charge on any atom is -0.463 e. The topological polar surface area (TPSA) is 131 Å². The van der Waals surface area contributed by atoms with E-state index in [1.54, 1.807) is 0 Å². The van der Waals surface area contributed by atoms with Crippen LogP contribution < -0.4 is 10.1 Å². The molecule has 0 aromatic heterocycles. The van der Waals surface area contributed by atoms with E-state index in [0.717, 1.165) is 0 Å². The molecule has 1 aliphatic rings. The first-order valence-electron chi connectivity index (χ1n) is 7.14. The number of thiol groups is 1.